The van der Waals surface area contributed by atoms with Gasteiger partial charge in [0.25, 0.3) is 5.56 Å². The third kappa shape index (κ3) is 4.29. The molecular weight excluding hydrogens is 446 g/mol. The third-order valence-corrected chi connectivity index (χ3v) is 5.94. The van der Waals surface area contributed by atoms with E-state index >= 15 is 0 Å². The van der Waals surface area contributed by atoms with Gasteiger partial charge in [0, 0.05) is 55.0 Å². The molecule has 33 heavy (non-hydrogen) atoms. The van der Waals surface area contributed by atoms with Gasteiger partial charge in [0.2, 0.25) is 0 Å². The van der Waals surface area contributed by atoms with E-state index in [1.807, 2.05) is 18.2 Å². The molecule has 0 atom stereocenters. The highest BCUT2D eigenvalue weighted by atomic mass is 35.5. The zero-order valence-corrected chi connectivity index (χ0v) is 18.3. The standard InChI is InChI=1S/C24H20ClN3O5/c25-15-1-2-16(26-13-15)14-32-18-5-10-28(23(29)12-18)17-3-4-19-20-6-8-27(24(30)31)9-7-21(20)33-22(19)11-17/h1-5,10-13H,6-9,14H2,(H,30,31). The number of amides is 1. The van der Waals surface area contributed by atoms with Crippen molar-refractivity contribution >= 4 is 28.7 Å². The molecule has 4 aromatic rings. The van der Waals surface area contributed by atoms with Crippen molar-refractivity contribution in [1.82, 2.24) is 14.5 Å². The third-order valence-electron chi connectivity index (χ3n) is 5.72. The molecule has 5 rings (SSSR count). The van der Waals surface area contributed by atoms with E-state index in [4.69, 9.17) is 20.8 Å². The Kier molecular flexibility index (Phi) is 5.51. The van der Waals surface area contributed by atoms with E-state index in [0.29, 0.717) is 53.7 Å². The van der Waals surface area contributed by atoms with Crippen LogP contribution in [-0.2, 0) is 19.4 Å². The molecule has 0 saturated carbocycles. The van der Waals surface area contributed by atoms with E-state index in [1.165, 1.54) is 15.5 Å². The van der Waals surface area contributed by atoms with Gasteiger partial charge in [-0.1, -0.05) is 11.6 Å². The van der Waals surface area contributed by atoms with Crippen molar-refractivity contribution in [2.45, 2.75) is 19.4 Å². The summed E-state index contributed by atoms with van der Waals surface area (Å²) >= 11 is 5.84. The van der Waals surface area contributed by atoms with Crippen LogP contribution in [0.5, 0.6) is 5.75 Å². The van der Waals surface area contributed by atoms with Crippen LogP contribution in [0.15, 0.2) is 64.1 Å². The van der Waals surface area contributed by atoms with Gasteiger partial charge in [0.05, 0.1) is 16.4 Å². The van der Waals surface area contributed by atoms with Crippen LogP contribution in [-0.4, -0.2) is 38.7 Å². The van der Waals surface area contributed by atoms with Crippen molar-refractivity contribution in [3.63, 3.8) is 0 Å². The minimum Gasteiger partial charge on any atom is -0.487 e. The second-order valence-electron chi connectivity index (χ2n) is 7.78. The van der Waals surface area contributed by atoms with Crippen LogP contribution in [0.4, 0.5) is 4.79 Å². The minimum atomic E-state index is -0.914. The van der Waals surface area contributed by atoms with Crippen molar-refractivity contribution < 1.29 is 19.1 Å². The zero-order chi connectivity index (χ0) is 22.9. The number of carbonyl (C=O) groups is 1. The van der Waals surface area contributed by atoms with Crippen LogP contribution in [0.3, 0.4) is 0 Å². The van der Waals surface area contributed by atoms with Gasteiger partial charge in [-0.25, -0.2) is 4.79 Å². The van der Waals surface area contributed by atoms with E-state index < -0.39 is 6.09 Å². The largest absolute Gasteiger partial charge is 0.487 e. The fourth-order valence-electron chi connectivity index (χ4n) is 4.01. The summed E-state index contributed by atoms with van der Waals surface area (Å²) in [6.45, 7) is 1.07. The highest BCUT2D eigenvalue weighted by Crippen LogP contribution is 2.30. The molecule has 8 nitrogen and oxygen atoms in total. The van der Waals surface area contributed by atoms with Crippen LogP contribution in [0.25, 0.3) is 16.7 Å². The molecule has 0 spiro atoms. The highest BCUT2D eigenvalue weighted by molar-refractivity contribution is 6.30. The Labute approximate surface area is 193 Å². The van der Waals surface area contributed by atoms with Crippen LogP contribution in [0.1, 0.15) is 17.0 Å². The van der Waals surface area contributed by atoms with Crippen LogP contribution in [0.2, 0.25) is 5.02 Å². The number of nitrogens with zero attached hydrogens (tertiary/aromatic N) is 3. The Hall–Kier alpha value is -3.78. The van der Waals surface area contributed by atoms with Crippen molar-refractivity contribution in [2.75, 3.05) is 13.1 Å². The predicted octanol–water partition coefficient (Wildman–Crippen LogP) is 4.29. The molecule has 1 aliphatic heterocycles. The lowest BCUT2D eigenvalue weighted by molar-refractivity contribution is 0.147. The first-order valence-corrected chi connectivity index (χ1v) is 10.8. The smallest absolute Gasteiger partial charge is 0.407 e. The number of ether oxygens (including phenoxy) is 1. The van der Waals surface area contributed by atoms with Gasteiger partial charge in [-0.3, -0.25) is 14.3 Å². The molecule has 1 aromatic carbocycles. The summed E-state index contributed by atoms with van der Waals surface area (Å²) in [5, 5.41) is 10.7. The fourth-order valence-corrected chi connectivity index (χ4v) is 4.13. The number of fused-ring (bicyclic) bond motifs is 3. The van der Waals surface area contributed by atoms with Crippen molar-refractivity contribution in [3.05, 3.63) is 87.3 Å². The number of benzene rings is 1. The van der Waals surface area contributed by atoms with Crippen LogP contribution < -0.4 is 10.3 Å². The van der Waals surface area contributed by atoms with Gasteiger partial charge in [-0.15, -0.1) is 0 Å². The van der Waals surface area contributed by atoms with Crippen molar-refractivity contribution in [3.8, 4) is 11.4 Å². The lowest BCUT2D eigenvalue weighted by atomic mass is 10.1. The van der Waals surface area contributed by atoms with E-state index in [1.54, 1.807) is 30.6 Å². The average molecular weight is 466 g/mol. The van der Waals surface area contributed by atoms with Gasteiger partial charge in [0.15, 0.2) is 0 Å². The van der Waals surface area contributed by atoms with Crippen LogP contribution >= 0.6 is 11.6 Å². The van der Waals surface area contributed by atoms with Gasteiger partial charge in [0.1, 0.15) is 23.7 Å². The molecule has 0 saturated heterocycles. The molecule has 0 fully saturated rings. The molecule has 1 N–H and O–H groups in total. The van der Waals surface area contributed by atoms with Crippen molar-refractivity contribution in [2.24, 2.45) is 0 Å². The number of furan rings is 1. The summed E-state index contributed by atoms with van der Waals surface area (Å²) in [6.07, 6.45) is 3.42. The first kappa shape index (κ1) is 21.1. The molecule has 0 bridgehead atoms. The molecular formula is C24H20ClN3O5. The van der Waals surface area contributed by atoms with E-state index in [2.05, 4.69) is 4.98 Å². The number of hydrogen-bond donors (Lipinski definition) is 1. The first-order chi connectivity index (χ1) is 16.0. The molecule has 0 aliphatic carbocycles. The number of pyridine rings is 2. The van der Waals surface area contributed by atoms with Gasteiger partial charge in [-0.05, 0) is 36.8 Å². The molecule has 0 radical (unpaired) electrons. The normalized spacial score (nSPS) is 13.5. The zero-order valence-electron chi connectivity index (χ0n) is 17.5. The highest BCUT2D eigenvalue weighted by Gasteiger charge is 2.22. The Morgan fingerprint density at radius 3 is 2.76 bits per heavy atom. The maximum absolute atomic E-state index is 12.7. The fraction of sp³-hybridized carbons (Fsp3) is 0.208. The van der Waals surface area contributed by atoms with E-state index in [-0.39, 0.29) is 12.2 Å². The molecule has 0 unspecified atom stereocenters. The molecule has 1 amide bonds. The number of rotatable bonds is 4. The van der Waals surface area contributed by atoms with Crippen LogP contribution in [0, 0.1) is 0 Å². The quantitative estimate of drug-likeness (QED) is 0.483. The Morgan fingerprint density at radius 1 is 1.15 bits per heavy atom. The van der Waals surface area contributed by atoms with E-state index in [9.17, 15) is 14.7 Å². The number of halogens is 1. The SMILES string of the molecule is O=C(O)N1CCc2oc3cc(-n4ccc(OCc5ccc(Cl)cn5)cc4=O)ccc3c2CC1. The molecule has 1 aliphatic rings. The lowest BCUT2D eigenvalue weighted by Crippen LogP contribution is -2.31. The minimum absolute atomic E-state index is 0.226. The summed E-state index contributed by atoms with van der Waals surface area (Å²) < 4.78 is 13.2. The first-order valence-electron chi connectivity index (χ1n) is 10.5. The molecule has 3 aromatic heterocycles. The van der Waals surface area contributed by atoms with Gasteiger partial charge < -0.3 is 19.2 Å². The monoisotopic (exact) mass is 465 g/mol. The second kappa shape index (κ2) is 8.63. The Bertz CT molecular complexity index is 1390. The van der Waals surface area contributed by atoms with E-state index in [0.717, 1.165) is 16.7 Å². The summed E-state index contributed by atoms with van der Waals surface area (Å²) in [7, 11) is 0. The Balaban J connectivity index is 1.36. The van der Waals surface area contributed by atoms with Gasteiger partial charge >= 0.3 is 6.09 Å². The molecule has 168 valence electrons. The lowest BCUT2D eigenvalue weighted by Gasteiger charge is -2.15. The topological polar surface area (TPSA) is 97.8 Å². The van der Waals surface area contributed by atoms with Gasteiger partial charge in [-0.2, -0.15) is 0 Å². The summed E-state index contributed by atoms with van der Waals surface area (Å²) in [6, 6.07) is 12.3. The summed E-state index contributed by atoms with van der Waals surface area (Å²) in [4.78, 5) is 29.6. The maximum Gasteiger partial charge on any atom is 0.407 e. The summed E-state index contributed by atoms with van der Waals surface area (Å²) in [5.41, 5.74) is 2.86. The average Bonchev–Trinajstić information content (AvgIpc) is 3.01. The number of carboxylic acid groups (broad SMARTS) is 1. The second-order valence-corrected chi connectivity index (χ2v) is 8.22. The maximum atomic E-state index is 12.7. The number of aromatic nitrogens is 2. The Morgan fingerprint density at radius 2 is 2.00 bits per heavy atom. The molecule has 9 heteroatoms. The molecule has 4 heterocycles. The summed E-state index contributed by atoms with van der Waals surface area (Å²) in [5.74, 6) is 1.25. The predicted molar refractivity (Wildman–Crippen MR) is 122 cm³/mol. The van der Waals surface area contributed by atoms with Crippen molar-refractivity contribution in [1.29, 1.82) is 0 Å². The number of hydrogen-bond acceptors (Lipinski definition) is 5.